The van der Waals surface area contributed by atoms with E-state index in [2.05, 4.69) is 6.92 Å². The Bertz CT molecular complexity index is 458. The number of alkyl halides is 4. The second-order valence-corrected chi connectivity index (χ2v) is 5.60. The Labute approximate surface area is 116 Å². The average Bonchev–Trinajstić information content (AvgIpc) is 3.02. The van der Waals surface area contributed by atoms with Gasteiger partial charge < -0.3 is 4.90 Å². The number of nitrogens with zero attached hydrogens (tertiary/aromatic N) is 1. The molecule has 0 heterocycles. The molecule has 1 aromatic rings. The second kappa shape index (κ2) is 5.23. The SMILES string of the molecule is CC1CC1CN(C)c1ccc(CCl)cc1C(F)(F)F. The maximum Gasteiger partial charge on any atom is 0.418 e. The third-order valence-corrected chi connectivity index (χ3v) is 4.03. The molecular formula is C14H17ClF3N. The van der Waals surface area contributed by atoms with Crippen LogP contribution in [0.5, 0.6) is 0 Å². The van der Waals surface area contributed by atoms with Crippen LogP contribution in [0.2, 0.25) is 0 Å². The topological polar surface area (TPSA) is 3.24 Å². The van der Waals surface area contributed by atoms with Gasteiger partial charge >= 0.3 is 6.18 Å². The number of hydrogen-bond acceptors (Lipinski definition) is 1. The van der Waals surface area contributed by atoms with Gasteiger partial charge in [-0.15, -0.1) is 11.6 Å². The lowest BCUT2D eigenvalue weighted by Gasteiger charge is -2.24. The zero-order chi connectivity index (χ0) is 14.2. The molecule has 19 heavy (non-hydrogen) atoms. The Morgan fingerprint density at radius 3 is 2.47 bits per heavy atom. The van der Waals surface area contributed by atoms with Crippen molar-refractivity contribution in [2.45, 2.75) is 25.4 Å². The molecule has 0 bridgehead atoms. The van der Waals surface area contributed by atoms with Crippen molar-refractivity contribution >= 4 is 17.3 Å². The number of hydrogen-bond donors (Lipinski definition) is 0. The van der Waals surface area contributed by atoms with Gasteiger partial charge in [0.1, 0.15) is 0 Å². The minimum atomic E-state index is -4.35. The highest BCUT2D eigenvalue weighted by molar-refractivity contribution is 6.17. The summed E-state index contributed by atoms with van der Waals surface area (Å²) in [6, 6.07) is 4.33. The van der Waals surface area contributed by atoms with Crippen molar-refractivity contribution in [3.05, 3.63) is 29.3 Å². The van der Waals surface area contributed by atoms with E-state index in [9.17, 15) is 13.2 Å². The summed E-state index contributed by atoms with van der Waals surface area (Å²) in [5.74, 6) is 1.23. The van der Waals surface area contributed by atoms with E-state index < -0.39 is 11.7 Å². The van der Waals surface area contributed by atoms with Gasteiger partial charge in [0.2, 0.25) is 0 Å². The second-order valence-electron chi connectivity index (χ2n) is 5.34. The van der Waals surface area contributed by atoms with Crippen molar-refractivity contribution in [1.29, 1.82) is 0 Å². The lowest BCUT2D eigenvalue weighted by Crippen LogP contribution is -2.24. The van der Waals surface area contributed by atoms with E-state index in [1.807, 2.05) is 0 Å². The van der Waals surface area contributed by atoms with Crippen molar-refractivity contribution < 1.29 is 13.2 Å². The molecule has 1 aliphatic carbocycles. The Morgan fingerprint density at radius 1 is 1.37 bits per heavy atom. The molecular weight excluding hydrogens is 275 g/mol. The van der Waals surface area contributed by atoms with E-state index in [1.54, 1.807) is 18.0 Å². The van der Waals surface area contributed by atoms with Crippen LogP contribution in [-0.4, -0.2) is 13.6 Å². The number of rotatable bonds is 4. The lowest BCUT2D eigenvalue weighted by molar-refractivity contribution is -0.137. The Kier molecular flexibility index (Phi) is 4.00. The molecule has 0 spiro atoms. The third kappa shape index (κ3) is 3.35. The van der Waals surface area contributed by atoms with Gasteiger partial charge in [0, 0.05) is 25.2 Å². The first-order valence-electron chi connectivity index (χ1n) is 6.30. The van der Waals surface area contributed by atoms with Gasteiger partial charge in [0.15, 0.2) is 0 Å². The van der Waals surface area contributed by atoms with Crippen molar-refractivity contribution in [1.82, 2.24) is 0 Å². The molecule has 0 saturated heterocycles. The molecule has 0 amide bonds. The average molecular weight is 292 g/mol. The molecule has 106 valence electrons. The van der Waals surface area contributed by atoms with Crippen LogP contribution in [0, 0.1) is 11.8 Å². The molecule has 5 heteroatoms. The summed E-state index contributed by atoms with van der Waals surface area (Å²) in [4.78, 5) is 1.70. The Morgan fingerprint density at radius 2 is 2.00 bits per heavy atom. The Hall–Kier alpha value is -0.900. The summed E-state index contributed by atoms with van der Waals surface area (Å²) in [5, 5.41) is 0. The first-order chi connectivity index (χ1) is 8.82. The van der Waals surface area contributed by atoms with Crippen LogP contribution in [-0.2, 0) is 12.1 Å². The van der Waals surface area contributed by atoms with Crippen LogP contribution < -0.4 is 4.90 Å². The van der Waals surface area contributed by atoms with Gasteiger partial charge in [-0.05, 0) is 36.0 Å². The molecule has 2 atom stereocenters. The van der Waals surface area contributed by atoms with Crippen LogP contribution in [0.1, 0.15) is 24.5 Å². The zero-order valence-corrected chi connectivity index (χ0v) is 11.7. The summed E-state index contributed by atoms with van der Waals surface area (Å²) in [7, 11) is 1.72. The van der Waals surface area contributed by atoms with Crippen LogP contribution >= 0.6 is 11.6 Å². The maximum absolute atomic E-state index is 13.1. The molecule has 0 aliphatic heterocycles. The van der Waals surface area contributed by atoms with E-state index >= 15 is 0 Å². The van der Waals surface area contributed by atoms with Crippen molar-refractivity contribution in [2.24, 2.45) is 11.8 Å². The van der Waals surface area contributed by atoms with Gasteiger partial charge in [0.05, 0.1) is 5.56 Å². The largest absolute Gasteiger partial charge is 0.418 e. The normalized spacial score (nSPS) is 22.4. The van der Waals surface area contributed by atoms with E-state index in [0.29, 0.717) is 23.9 Å². The highest BCUT2D eigenvalue weighted by atomic mass is 35.5. The fourth-order valence-electron chi connectivity index (χ4n) is 2.33. The van der Waals surface area contributed by atoms with E-state index in [0.717, 1.165) is 12.5 Å². The van der Waals surface area contributed by atoms with Crippen molar-refractivity contribution in [3.63, 3.8) is 0 Å². The molecule has 1 fully saturated rings. The van der Waals surface area contributed by atoms with Crippen molar-refractivity contribution in [2.75, 3.05) is 18.5 Å². The molecule has 0 aromatic heterocycles. The van der Waals surface area contributed by atoms with E-state index in [-0.39, 0.29) is 11.6 Å². The predicted octanol–water partition coefficient (Wildman–Crippen LogP) is 4.54. The zero-order valence-electron chi connectivity index (χ0n) is 11.0. The molecule has 0 N–H and O–H groups in total. The minimum Gasteiger partial charge on any atom is -0.374 e. The third-order valence-electron chi connectivity index (χ3n) is 3.72. The molecule has 1 nitrogen and oxygen atoms in total. The van der Waals surface area contributed by atoms with Gasteiger partial charge in [-0.2, -0.15) is 13.2 Å². The standard InChI is InChI=1S/C14H17ClF3N/c1-9-5-11(9)8-19(2)13-4-3-10(7-15)6-12(13)14(16,17)18/h3-4,6,9,11H,5,7-8H2,1-2H3. The summed E-state index contributed by atoms with van der Waals surface area (Å²) < 4.78 is 39.3. The van der Waals surface area contributed by atoms with E-state index in [4.69, 9.17) is 11.6 Å². The molecule has 2 unspecified atom stereocenters. The van der Waals surface area contributed by atoms with Crippen LogP contribution in [0.15, 0.2) is 18.2 Å². The van der Waals surface area contributed by atoms with Gasteiger partial charge in [0.25, 0.3) is 0 Å². The molecule has 2 rings (SSSR count). The fraction of sp³-hybridized carbons (Fsp3) is 0.571. The fourth-order valence-corrected chi connectivity index (χ4v) is 2.50. The smallest absolute Gasteiger partial charge is 0.374 e. The number of anilines is 1. The van der Waals surface area contributed by atoms with Crippen molar-refractivity contribution in [3.8, 4) is 0 Å². The summed E-state index contributed by atoms with van der Waals surface area (Å²) in [6.07, 6.45) is -3.24. The van der Waals surface area contributed by atoms with Crippen LogP contribution in [0.4, 0.5) is 18.9 Å². The lowest BCUT2D eigenvalue weighted by atomic mass is 10.1. The monoisotopic (exact) mass is 291 g/mol. The molecule has 1 aromatic carbocycles. The summed E-state index contributed by atoms with van der Waals surface area (Å²) in [6.45, 7) is 2.80. The molecule has 0 radical (unpaired) electrons. The molecule has 1 saturated carbocycles. The van der Waals surface area contributed by atoms with Gasteiger partial charge in [-0.3, -0.25) is 0 Å². The highest BCUT2D eigenvalue weighted by Gasteiger charge is 2.37. The minimum absolute atomic E-state index is 0.0900. The van der Waals surface area contributed by atoms with Gasteiger partial charge in [-0.25, -0.2) is 0 Å². The quantitative estimate of drug-likeness (QED) is 0.736. The maximum atomic E-state index is 13.1. The Balaban J connectivity index is 2.27. The predicted molar refractivity (Wildman–Crippen MR) is 71.5 cm³/mol. The first-order valence-corrected chi connectivity index (χ1v) is 6.83. The molecule has 1 aliphatic rings. The summed E-state index contributed by atoms with van der Waals surface area (Å²) >= 11 is 5.61. The summed E-state index contributed by atoms with van der Waals surface area (Å²) in [5.41, 5.74) is 0.132. The highest BCUT2D eigenvalue weighted by Crippen LogP contribution is 2.41. The number of benzene rings is 1. The van der Waals surface area contributed by atoms with Crippen LogP contribution in [0.25, 0.3) is 0 Å². The van der Waals surface area contributed by atoms with Gasteiger partial charge in [-0.1, -0.05) is 13.0 Å². The van der Waals surface area contributed by atoms with Crippen LogP contribution in [0.3, 0.4) is 0 Å². The van der Waals surface area contributed by atoms with E-state index in [1.165, 1.54) is 6.07 Å². The first kappa shape index (κ1) is 14.5. The number of halogens is 4.